The van der Waals surface area contributed by atoms with E-state index in [2.05, 4.69) is 96.0 Å². The van der Waals surface area contributed by atoms with E-state index in [1.807, 2.05) is 60.7 Å². The van der Waals surface area contributed by atoms with E-state index in [4.69, 9.17) is 0 Å². The van der Waals surface area contributed by atoms with Crippen molar-refractivity contribution in [3.8, 4) is 22.5 Å². The van der Waals surface area contributed by atoms with E-state index in [1.54, 1.807) is 24.8 Å². The fraction of sp³-hybridized carbons (Fsp3) is 0.222. The summed E-state index contributed by atoms with van der Waals surface area (Å²) in [5.74, 6) is 0. The normalized spacial score (nSPS) is 12.3. The van der Waals surface area contributed by atoms with Crippen LogP contribution in [0.3, 0.4) is 0 Å². The molecule has 0 saturated heterocycles. The fourth-order valence-electron chi connectivity index (χ4n) is 4.37. The fourth-order valence-corrected chi connectivity index (χ4v) is 4.37. The van der Waals surface area contributed by atoms with Crippen molar-refractivity contribution in [1.29, 1.82) is 0 Å². The molecular formula is C36H36N6. The minimum Gasteiger partial charge on any atom is -0.255 e. The molecule has 0 fully saturated rings. The average molecular weight is 553 g/mol. The van der Waals surface area contributed by atoms with Crippen molar-refractivity contribution in [2.75, 3.05) is 0 Å². The molecule has 0 spiro atoms. The van der Waals surface area contributed by atoms with Crippen molar-refractivity contribution in [3.63, 3.8) is 0 Å². The van der Waals surface area contributed by atoms with Gasteiger partial charge in [-0.05, 0) is 82.6 Å². The number of rotatable bonds is 6. The van der Waals surface area contributed by atoms with Crippen LogP contribution >= 0.6 is 0 Å². The van der Waals surface area contributed by atoms with Crippen LogP contribution in [0.4, 0.5) is 11.4 Å². The molecule has 0 saturated carbocycles. The lowest BCUT2D eigenvalue weighted by molar-refractivity contribution is 0.590. The highest BCUT2D eigenvalue weighted by Crippen LogP contribution is 2.26. The molecule has 210 valence electrons. The average Bonchev–Trinajstić information content (AvgIpc) is 2.99. The smallest absolute Gasteiger partial charge is 0.0931 e. The number of benzene rings is 2. The maximum absolute atomic E-state index is 4.60. The molecule has 6 heteroatoms. The third-order valence-electron chi connectivity index (χ3n) is 6.98. The Kier molecular flexibility index (Phi) is 8.16. The van der Waals surface area contributed by atoms with Gasteiger partial charge in [0.25, 0.3) is 0 Å². The predicted molar refractivity (Wildman–Crippen MR) is 173 cm³/mol. The molecule has 0 bridgehead atoms. The Bertz CT molecular complexity index is 1570. The SMILES string of the molecule is CC(C)(C)c1ccc(N=Cc2cc(-c3ccc(-c4ccnc(C=Nc5ccc(C(C)(C)C)cc5)c4)nn3)ccn2)cc1. The van der Waals surface area contributed by atoms with Gasteiger partial charge in [0.1, 0.15) is 0 Å². The largest absolute Gasteiger partial charge is 0.255 e. The van der Waals surface area contributed by atoms with Gasteiger partial charge in [-0.1, -0.05) is 65.8 Å². The summed E-state index contributed by atoms with van der Waals surface area (Å²) in [6, 6.07) is 28.3. The maximum Gasteiger partial charge on any atom is 0.0931 e. The van der Waals surface area contributed by atoms with Gasteiger partial charge in [-0.15, -0.1) is 10.2 Å². The number of nitrogens with zero attached hydrogens (tertiary/aromatic N) is 6. The van der Waals surface area contributed by atoms with Gasteiger partial charge in [-0.25, -0.2) is 0 Å². The number of pyridine rings is 2. The Morgan fingerprint density at radius 2 is 0.881 bits per heavy atom. The minimum atomic E-state index is 0.113. The van der Waals surface area contributed by atoms with Crippen LogP contribution in [0.2, 0.25) is 0 Å². The van der Waals surface area contributed by atoms with E-state index >= 15 is 0 Å². The Morgan fingerprint density at radius 3 is 1.21 bits per heavy atom. The van der Waals surface area contributed by atoms with Crippen molar-refractivity contribution < 1.29 is 0 Å². The molecule has 6 nitrogen and oxygen atoms in total. The highest BCUT2D eigenvalue weighted by Gasteiger charge is 2.13. The molecule has 0 unspecified atom stereocenters. The van der Waals surface area contributed by atoms with Gasteiger partial charge < -0.3 is 0 Å². The molecule has 0 aliphatic heterocycles. The van der Waals surface area contributed by atoms with Crippen molar-refractivity contribution in [2.24, 2.45) is 9.98 Å². The Hall–Kier alpha value is -4.84. The van der Waals surface area contributed by atoms with Crippen LogP contribution < -0.4 is 0 Å². The number of hydrogen-bond acceptors (Lipinski definition) is 6. The van der Waals surface area contributed by atoms with Crippen molar-refractivity contribution in [1.82, 2.24) is 20.2 Å². The molecule has 3 heterocycles. The van der Waals surface area contributed by atoms with Crippen LogP contribution in [-0.2, 0) is 10.8 Å². The summed E-state index contributed by atoms with van der Waals surface area (Å²) in [5.41, 5.74) is 9.45. The zero-order valence-corrected chi connectivity index (χ0v) is 25.1. The summed E-state index contributed by atoms with van der Waals surface area (Å²) in [6.07, 6.45) is 7.08. The molecule has 0 amide bonds. The maximum atomic E-state index is 4.60. The van der Waals surface area contributed by atoms with Crippen LogP contribution in [0.5, 0.6) is 0 Å². The van der Waals surface area contributed by atoms with Crippen LogP contribution in [0.15, 0.2) is 107 Å². The summed E-state index contributed by atoms with van der Waals surface area (Å²) in [6.45, 7) is 13.2. The second kappa shape index (κ2) is 12.0. The first-order valence-electron chi connectivity index (χ1n) is 14.1. The van der Waals surface area contributed by atoms with Crippen LogP contribution in [0.1, 0.15) is 64.1 Å². The molecule has 0 atom stereocenters. The number of aliphatic imine (C=N–C) groups is 2. The van der Waals surface area contributed by atoms with E-state index in [0.29, 0.717) is 0 Å². The Balaban J connectivity index is 1.28. The zero-order valence-electron chi connectivity index (χ0n) is 25.1. The molecule has 0 N–H and O–H groups in total. The first-order valence-corrected chi connectivity index (χ1v) is 14.1. The monoisotopic (exact) mass is 552 g/mol. The quantitative estimate of drug-likeness (QED) is 0.197. The summed E-state index contributed by atoms with van der Waals surface area (Å²) in [5, 5.41) is 8.98. The van der Waals surface area contributed by atoms with E-state index in [-0.39, 0.29) is 10.8 Å². The number of hydrogen-bond donors (Lipinski definition) is 0. The first kappa shape index (κ1) is 28.7. The second-order valence-electron chi connectivity index (χ2n) is 12.4. The minimum absolute atomic E-state index is 0.113. The van der Waals surface area contributed by atoms with Gasteiger partial charge in [0.2, 0.25) is 0 Å². The molecule has 2 aromatic carbocycles. The zero-order chi connectivity index (χ0) is 29.7. The lowest BCUT2D eigenvalue weighted by atomic mass is 9.87. The summed E-state index contributed by atoms with van der Waals surface area (Å²) < 4.78 is 0. The van der Waals surface area contributed by atoms with Crippen molar-refractivity contribution in [2.45, 2.75) is 52.4 Å². The molecule has 0 aliphatic carbocycles. The van der Waals surface area contributed by atoms with Gasteiger partial charge in [-0.3, -0.25) is 20.0 Å². The van der Waals surface area contributed by atoms with Crippen LogP contribution in [0, 0.1) is 0 Å². The lowest BCUT2D eigenvalue weighted by Crippen LogP contribution is -2.10. The predicted octanol–water partition coefficient (Wildman–Crippen LogP) is 8.70. The standard InChI is InChI=1S/C36H36N6/c1-35(2,3)27-7-11-29(12-8-27)39-23-31-21-25(17-19-37-31)33-15-16-34(42-41-33)26-18-20-38-32(22-26)24-40-30-13-9-28(10-14-30)36(4,5)6/h7-24H,1-6H3. The third kappa shape index (κ3) is 7.26. The highest BCUT2D eigenvalue weighted by atomic mass is 15.1. The molecule has 0 radical (unpaired) electrons. The molecule has 42 heavy (non-hydrogen) atoms. The molecular weight excluding hydrogens is 516 g/mol. The molecule has 5 rings (SSSR count). The first-order chi connectivity index (χ1) is 20.0. The van der Waals surface area contributed by atoms with Crippen molar-refractivity contribution >= 4 is 23.8 Å². The lowest BCUT2D eigenvalue weighted by Gasteiger charge is -2.18. The van der Waals surface area contributed by atoms with Gasteiger partial charge in [0, 0.05) is 23.5 Å². The Morgan fingerprint density at radius 1 is 0.500 bits per heavy atom. The third-order valence-corrected chi connectivity index (χ3v) is 6.98. The van der Waals surface area contributed by atoms with Gasteiger partial charge >= 0.3 is 0 Å². The summed E-state index contributed by atoms with van der Waals surface area (Å²) in [7, 11) is 0. The van der Waals surface area contributed by atoms with Gasteiger partial charge in [-0.2, -0.15) is 0 Å². The van der Waals surface area contributed by atoms with E-state index in [9.17, 15) is 0 Å². The van der Waals surface area contributed by atoms with E-state index in [1.165, 1.54) is 11.1 Å². The van der Waals surface area contributed by atoms with Gasteiger partial charge in [0.05, 0.1) is 46.6 Å². The van der Waals surface area contributed by atoms with Crippen molar-refractivity contribution in [3.05, 3.63) is 120 Å². The molecule has 3 aromatic heterocycles. The summed E-state index contributed by atoms with van der Waals surface area (Å²) in [4.78, 5) is 18.1. The van der Waals surface area contributed by atoms with E-state index < -0.39 is 0 Å². The summed E-state index contributed by atoms with van der Waals surface area (Å²) >= 11 is 0. The second-order valence-corrected chi connectivity index (χ2v) is 12.4. The van der Waals surface area contributed by atoms with Crippen LogP contribution in [0.25, 0.3) is 22.5 Å². The topological polar surface area (TPSA) is 76.3 Å². The number of aromatic nitrogens is 4. The molecule has 5 aromatic rings. The highest BCUT2D eigenvalue weighted by molar-refractivity contribution is 5.83. The van der Waals surface area contributed by atoms with Crippen LogP contribution in [-0.4, -0.2) is 32.6 Å². The Labute approximate surface area is 248 Å². The molecule has 0 aliphatic rings. The van der Waals surface area contributed by atoms with E-state index in [0.717, 1.165) is 45.3 Å². The van der Waals surface area contributed by atoms with Gasteiger partial charge in [0.15, 0.2) is 0 Å².